The van der Waals surface area contributed by atoms with E-state index in [9.17, 15) is 14.0 Å². The van der Waals surface area contributed by atoms with Gasteiger partial charge in [0, 0.05) is 10.6 Å². The van der Waals surface area contributed by atoms with Gasteiger partial charge >= 0.3 is 5.91 Å². The van der Waals surface area contributed by atoms with E-state index < -0.39 is 17.5 Å². The van der Waals surface area contributed by atoms with Gasteiger partial charge < -0.3 is 9.64 Å². The minimum atomic E-state index is -0.678. The number of amides is 1. The van der Waals surface area contributed by atoms with Crippen molar-refractivity contribution in [2.75, 3.05) is 25.7 Å². The molecule has 1 atom stereocenters. The van der Waals surface area contributed by atoms with Crippen molar-refractivity contribution in [3.63, 3.8) is 0 Å². The Labute approximate surface area is 149 Å². The summed E-state index contributed by atoms with van der Waals surface area (Å²) in [6, 6.07) is 9.14. The third-order valence-electron chi connectivity index (χ3n) is 4.10. The topological polar surface area (TPSA) is 51.1 Å². The van der Waals surface area contributed by atoms with Crippen LogP contribution in [0.25, 0.3) is 0 Å². The molecule has 2 aromatic rings. The first kappa shape index (κ1) is 17.4. The van der Waals surface area contributed by atoms with Gasteiger partial charge in [-0.15, -0.1) is 0 Å². The molecule has 0 aliphatic carbocycles. The first-order chi connectivity index (χ1) is 11.9. The number of benzene rings is 2. The Morgan fingerprint density at radius 1 is 1.20 bits per heavy atom. The lowest BCUT2D eigenvalue weighted by Gasteiger charge is -2.22. The van der Waals surface area contributed by atoms with Crippen LogP contribution < -0.4 is 14.5 Å². The SMILES string of the molecule is COc1ccc(Cl)cc1C[NH+](C)CN1C(=O)C(=O)c2cc(F)ccc21. The lowest BCUT2D eigenvalue weighted by Crippen LogP contribution is -3.09. The summed E-state index contributed by atoms with van der Waals surface area (Å²) in [5, 5.41) is 0.594. The van der Waals surface area contributed by atoms with Crippen LogP contribution in [0.5, 0.6) is 5.75 Å². The molecule has 0 spiro atoms. The Balaban J connectivity index is 1.80. The summed E-state index contributed by atoms with van der Waals surface area (Å²) in [7, 11) is 3.47. The van der Waals surface area contributed by atoms with E-state index >= 15 is 0 Å². The summed E-state index contributed by atoms with van der Waals surface area (Å²) in [6.07, 6.45) is 0. The Bertz CT molecular complexity index is 856. The molecule has 25 heavy (non-hydrogen) atoms. The van der Waals surface area contributed by atoms with Crippen LogP contribution in [-0.2, 0) is 11.3 Å². The van der Waals surface area contributed by atoms with Crippen molar-refractivity contribution in [2.24, 2.45) is 0 Å². The molecule has 0 bridgehead atoms. The monoisotopic (exact) mass is 363 g/mol. The zero-order chi connectivity index (χ0) is 18.1. The maximum Gasteiger partial charge on any atom is 0.303 e. The van der Waals surface area contributed by atoms with E-state index in [0.717, 1.165) is 16.5 Å². The van der Waals surface area contributed by atoms with Gasteiger partial charge in [-0.3, -0.25) is 14.5 Å². The molecule has 1 aliphatic heterocycles. The second kappa shape index (κ2) is 6.82. The normalized spacial score (nSPS) is 14.6. The number of ketones is 1. The zero-order valence-electron chi connectivity index (χ0n) is 13.8. The van der Waals surface area contributed by atoms with Crippen LogP contribution >= 0.6 is 11.6 Å². The number of fused-ring (bicyclic) bond motifs is 1. The summed E-state index contributed by atoms with van der Waals surface area (Å²) < 4.78 is 18.7. The van der Waals surface area contributed by atoms with Crippen LogP contribution in [0.2, 0.25) is 5.02 Å². The molecule has 5 nitrogen and oxygen atoms in total. The van der Waals surface area contributed by atoms with E-state index in [1.54, 1.807) is 19.2 Å². The molecule has 0 saturated heterocycles. The number of nitrogens with one attached hydrogen (secondary N) is 1. The van der Waals surface area contributed by atoms with Crippen LogP contribution in [0.15, 0.2) is 36.4 Å². The molecule has 0 fully saturated rings. The summed E-state index contributed by atoms with van der Waals surface area (Å²) in [6.45, 7) is 0.803. The molecule has 0 radical (unpaired) electrons. The first-order valence-electron chi connectivity index (χ1n) is 7.70. The summed E-state index contributed by atoms with van der Waals surface area (Å²) >= 11 is 6.04. The number of rotatable bonds is 5. The number of methoxy groups -OCH3 is 1. The molecule has 7 heteroatoms. The van der Waals surface area contributed by atoms with Gasteiger partial charge in [0.15, 0.2) is 6.67 Å². The Morgan fingerprint density at radius 3 is 2.68 bits per heavy atom. The molecular formula is C18H17ClFN2O3+. The summed E-state index contributed by atoms with van der Waals surface area (Å²) in [4.78, 5) is 26.6. The number of Topliss-reactive ketones (excluding diaryl/α,β-unsaturated/α-hetero) is 1. The number of carbonyl (C=O) groups is 2. The standard InChI is InChI=1S/C18H16ClFN2O3/c1-21(9-11-7-12(19)3-6-16(11)25-2)10-22-15-5-4-13(20)8-14(15)17(23)18(22)24/h3-8H,9-10H2,1-2H3/p+1. The lowest BCUT2D eigenvalue weighted by atomic mass is 10.1. The number of ether oxygens (including phenoxy) is 1. The van der Waals surface area contributed by atoms with Crippen LogP contribution in [0.3, 0.4) is 0 Å². The smallest absolute Gasteiger partial charge is 0.303 e. The Hall–Kier alpha value is -2.44. The molecule has 1 heterocycles. The van der Waals surface area contributed by atoms with Gasteiger partial charge in [-0.05, 0) is 36.4 Å². The predicted molar refractivity (Wildman–Crippen MR) is 91.7 cm³/mol. The number of quaternary nitrogens is 1. The van der Waals surface area contributed by atoms with Crippen LogP contribution in [0.4, 0.5) is 10.1 Å². The first-order valence-corrected chi connectivity index (χ1v) is 8.08. The molecule has 1 N–H and O–H groups in total. The zero-order valence-corrected chi connectivity index (χ0v) is 14.6. The highest BCUT2D eigenvalue weighted by molar-refractivity contribution is 6.52. The van der Waals surface area contributed by atoms with Gasteiger partial charge in [0.2, 0.25) is 0 Å². The van der Waals surface area contributed by atoms with E-state index in [-0.39, 0.29) is 12.2 Å². The molecule has 2 aromatic carbocycles. The van der Waals surface area contributed by atoms with Crippen LogP contribution in [-0.4, -0.2) is 32.5 Å². The van der Waals surface area contributed by atoms with Crippen molar-refractivity contribution in [2.45, 2.75) is 6.54 Å². The van der Waals surface area contributed by atoms with Gasteiger partial charge in [-0.1, -0.05) is 11.6 Å². The van der Waals surface area contributed by atoms with Gasteiger partial charge in [0.1, 0.15) is 18.1 Å². The molecule has 1 amide bonds. The molecule has 1 aliphatic rings. The number of hydrogen-bond donors (Lipinski definition) is 1. The van der Waals surface area contributed by atoms with Crippen molar-refractivity contribution in [1.29, 1.82) is 0 Å². The molecule has 0 aromatic heterocycles. The van der Waals surface area contributed by atoms with Crippen molar-refractivity contribution in [3.8, 4) is 5.75 Å². The van der Waals surface area contributed by atoms with E-state index in [4.69, 9.17) is 16.3 Å². The fraction of sp³-hybridized carbons (Fsp3) is 0.222. The van der Waals surface area contributed by atoms with E-state index in [1.165, 1.54) is 17.0 Å². The van der Waals surface area contributed by atoms with E-state index in [2.05, 4.69) is 0 Å². The van der Waals surface area contributed by atoms with Crippen molar-refractivity contribution in [1.82, 2.24) is 0 Å². The van der Waals surface area contributed by atoms with Gasteiger partial charge in [-0.2, -0.15) is 0 Å². The van der Waals surface area contributed by atoms with Gasteiger partial charge in [-0.25, -0.2) is 4.39 Å². The minimum Gasteiger partial charge on any atom is -0.496 e. The molecule has 1 unspecified atom stereocenters. The third kappa shape index (κ3) is 3.36. The Kier molecular flexibility index (Phi) is 4.74. The second-order valence-electron chi connectivity index (χ2n) is 5.97. The highest BCUT2D eigenvalue weighted by Crippen LogP contribution is 2.28. The molecular weight excluding hydrogens is 347 g/mol. The summed E-state index contributed by atoms with van der Waals surface area (Å²) in [5.41, 5.74) is 1.44. The van der Waals surface area contributed by atoms with Crippen molar-refractivity contribution >= 4 is 29.0 Å². The number of carbonyl (C=O) groups excluding carboxylic acids is 2. The van der Waals surface area contributed by atoms with Crippen LogP contribution in [0.1, 0.15) is 15.9 Å². The summed E-state index contributed by atoms with van der Waals surface area (Å²) in [5.74, 6) is -1.15. The highest BCUT2D eigenvalue weighted by atomic mass is 35.5. The quantitative estimate of drug-likeness (QED) is 0.822. The maximum absolute atomic E-state index is 13.3. The largest absolute Gasteiger partial charge is 0.496 e. The number of anilines is 1. The average molecular weight is 364 g/mol. The number of halogens is 2. The maximum atomic E-state index is 13.3. The van der Waals surface area contributed by atoms with Gasteiger partial charge in [0.25, 0.3) is 5.78 Å². The number of hydrogen-bond acceptors (Lipinski definition) is 3. The molecule has 0 saturated carbocycles. The Morgan fingerprint density at radius 2 is 1.96 bits per heavy atom. The molecule has 130 valence electrons. The van der Waals surface area contributed by atoms with E-state index in [1.807, 2.05) is 13.1 Å². The second-order valence-corrected chi connectivity index (χ2v) is 6.41. The third-order valence-corrected chi connectivity index (χ3v) is 4.33. The van der Waals surface area contributed by atoms with Crippen molar-refractivity contribution in [3.05, 3.63) is 58.4 Å². The fourth-order valence-electron chi connectivity index (χ4n) is 2.97. The van der Waals surface area contributed by atoms with Crippen molar-refractivity contribution < 1.29 is 23.6 Å². The lowest BCUT2D eigenvalue weighted by molar-refractivity contribution is -0.892. The average Bonchev–Trinajstić information content (AvgIpc) is 2.80. The molecule has 3 rings (SSSR count). The van der Waals surface area contributed by atoms with E-state index in [0.29, 0.717) is 23.0 Å². The minimum absolute atomic E-state index is 0.109. The fourth-order valence-corrected chi connectivity index (χ4v) is 3.16. The van der Waals surface area contributed by atoms with Crippen LogP contribution in [0, 0.1) is 5.82 Å². The number of nitrogens with zero attached hydrogens (tertiary/aromatic N) is 1. The predicted octanol–water partition coefficient (Wildman–Crippen LogP) is 1.69. The van der Waals surface area contributed by atoms with Gasteiger partial charge in [0.05, 0.1) is 25.4 Å². The highest BCUT2D eigenvalue weighted by Gasteiger charge is 2.37.